The Bertz CT molecular complexity index is 792. The van der Waals surface area contributed by atoms with Crippen LogP contribution in [0.3, 0.4) is 0 Å². The van der Waals surface area contributed by atoms with Crippen molar-refractivity contribution in [3.05, 3.63) is 52.3 Å². The Kier molecular flexibility index (Phi) is 7.74. The summed E-state index contributed by atoms with van der Waals surface area (Å²) in [7, 11) is 1.62. The number of pyridine rings is 1. The first kappa shape index (κ1) is 21.0. The zero-order chi connectivity index (χ0) is 20.5. The molecule has 0 atom stereocenters. The minimum absolute atomic E-state index is 0.0921. The Labute approximate surface area is 168 Å². The van der Waals surface area contributed by atoms with Crippen molar-refractivity contribution in [3.8, 4) is 17.2 Å². The van der Waals surface area contributed by atoms with Gasteiger partial charge in [-0.3, -0.25) is 15.1 Å². The monoisotopic (exact) mass is 404 g/mol. The van der Waals surface area contributed by atoms with Gasteiger partial charge in [-0.25, -0.2) is 0 Å². The minimum atomic E-state index is -0.460. The number of aromatic nitrogens is 1. The fraction of sp³-hybridized carbons (Fsp3) is 0.450. The maximum absolute atomic E-state index is 11.3. The van der Waals surface area contributed by atoms with Gasteiger partial charge in [0.25, 0.3) is 0 Å². The quantitative estimate of drug-likeness (QED) is 0.337. The van der Waals surface area contributed by atoms with Crippen molar-refractivity contribution in [3.63, 3.8) is 0 Å². The minimum Gasteiger partial charge on any atom is -0.483 e. The molecule has 0 spiro atoms. The SMILES string of the molecule is COCCOCc1ccc(Oc2ccc([N+](=O)[O-])c(OC3CCOCC3)c2)cn1. The lowest BCUT2D eigenvalue weighted by Gasteiger charge is -2.23. The first-order valence-electron chi connectivity index (χ1n) is 9.38. The Morgan fingerprint density at radius 1 is 1.17 bits per heavy atom. The number of methoxy groups -OCH3 is 1. The molecular weight excluding hydrogens is 380 g/mol. The van der Waals surface area contributed by atoms with Crippen LogP contribution in [-0.2, 0) is 20.8 Å². The lowest BCUT2D eigenvalue weighted by atomic mass is 10.1. The fourth-order valence-electron chi connectivity index (χ4n) is 2.79. The van der Waals surface area contributed by atoms with Crippen LogP contribution >= 0.6 is 0 Å². The molecule has 0 amide bonds. The average molecular weight is 404 g/mol. The van der Waals surface area contributed by atoms with Crippen LogP contribution in [-0.4, -0.2) is 49.5 Å². The summed E-state index contributed by atoms with van der Waals surface area (Å²) in [5.41, 5.74) is 0.672. The third-order valence-electron chi connectivity index (χ3n) is 4.30. The molecule has 0 bridgehead atoms. The van der Waals surface area contributed by atoms with Crippen molar-refractivity contribution < 1.29 is 28.6 Å². The van der Waals surface area contributed by atoms with E-state index in [1.54, 1.807) is 25.4 Å². The van der Waals surface area contributed by atoms with Crippen molar-refractivity contribution in [1.29, 1.82) is 0 Å². The molecule has 1 aromatic heterocycles. The van der Waals surface area contributed by atoms with E-state index in [0.29, 0.717) is 57.4 Å². The molecule has 2 heterocycles. The van der Waals surface area contributed by atoms with Crippen molar-refractivity contribution >= 4 is 5.69 Å². The molecule has 1 saturated heterocycles. The molecule has 0 saturated carbocycles. The van der Waals surface area contributed by atoms with E-state index >= 15 is 0 Å². The number of nitro groups is 1. The molecule has 0 aliphatic carbocycles. The first-order valence-corrected chi connectivity index (χ1v) is 9.38. The van der Waals surface area contributed by atoms with E-state index in [1.807, 2.05) is 0 Å². The molecule has 156 valence electrons. The molecule has 9 nitrogen and oxygen atoms in total. The van der Waals surface area contributed by atoms with E-state index in [2.05, 4.69) is 4.98 Å². The summed E-state index contributed by atoms with van der Waals surface area (Å²) in [5, 5.41) is 11.3. The standard InChI is InChI=1S/C20H24N2O7/c1-25-10-11-27-14-15-2-3-18(13-21-15)28-17-4-5-19(22(23)24)20(12-17)29-16-6-8-26-9-7-16/h2-5,12-13,16H,6-11,14H2,1H3. The van der Waals surface area contributed by atoms with Gasteiger partial charge in [0.2, 0.25) is 5.75 Å². The predicted molar refractivity (Wildman–Crippen MR) is 103 cm³/mol. The lowest BCUT2D eigenvalue weighted by molar-refractivity contribution is -0.386. The number of ether oxygens (including phenoxy) is 5. The highest BCUT2D eigenvalue weighted by atomic mass is 16.6. The number of rotatable bonds is 10. The van der Waals surface area contributed by atoms with Gasteiger partial charge in [-0.15, -0.1) is 0 Å². The number of nitrogens with zero attached hydrogens (tertiary/aromatic N) is 2. The van der Waals surface area contributed by atoms with Gasteiger partial charge in [0, 0.05) is 32.1 Å². The zero-order valence-electron chi connectivity index (χ0n) is 16.2. The topological polar surface area (TPSA) is 102 Å². The second kappa shape index (κ2) is 10.7. The van der Waals surface area contributed by atoms with E-state index in [9.17, 15) is 10.1 Å². The highest BCUT2D eigenvalue weighted by Gasteiger charge is 2.22. The Morgan fingerprint density at radius 3 is 2.66 bits per heavy atom. The predicted octanol–water partition coefficient (Wildman–Crippen LogP) is 3.50. The molecule has 29 heavy (non-hydrogen) atoms. The number of hydrogen-bond acceptors (Lipinski definition) is 8. The second-order valence-corrected chi connectivity index (χ2v) is 6.45. The summed E-state index contributed by atoms with van der Waals surface area (Å²) in [6, 6.07) is 8.02. The molecule has 0 N–H and O–H groups in total. The molecule has 1 aliphatic rings. The molecule has 1 aliphatic heterocycles. The second-order valence-electron chi connectivity index (χ2n) is 6.45. The number of hydrogen-bond donors (Lipinski definition) is 0. The van der Waals surface area contributed by atoms with E-state index in [-0.39, 0.29) is 17.5 Å². The maximum atomic E-state index is 11.3. The molecule has 3 rings (SSSR count). The third-order valence-corrected chi connectivity index (χ3v) is 4.30. The van der Waals surface area contributed by atoms with E-state index in [4.69, 9.17) is 23.7 Å². The normalized spacial score (nSPS) is 14.5. The van der Waals surface area contributed by atoms with Gasteiger partial charge in [0.05, 0.1) is 49.8 Å². The van der Waals surface area contributed by atoms with Crippen LogP contribution in [0.25, 0.3) is 0 Å². The van der Waals surface area contributed by atoms with Crippen molar-refractivity contribution in [2.75, 3.05) is 33.5 Å². The van der Waals surface area contributed by atoms with E-state index < -0.39 is 4.92 Å². The molecule has 0 radical (unpaired) electrons. The molecule has 1 fully saturated rings. The highest BCUT2D eigenvalue weighted by molar-refractivity contribution is 5.51. The average Bonchev–Trinajstić information content (AvgIpc) is 2.73. The summed E-state index contributed by atoms with van der Waals surface area (Å²) < 4.78 is 27.3. The molecule has 0 unspecified atom stereocenters. The first-order chi connectivity index (χ1) is 14.2. The summed E-state index contributed by atoms with van der Waals surface area (Å²) >= 11 is 0. The Balaban J connectivity index is 1.65. The van der Waals surface area contributed by atoms with Gasteiger partial charge in [-0.2, -0.15) is 0 Å². The highest BCUT2D eigenvalue weighted by Crippen LogP contribution is 2.34. The van der Waals surface area contributed by atoms with Gasteiger partial charge < -0.3 is 23.7 Å². The number of benzene rings is 1. The van der Waals surface area contributed by atoms with Gasteiger partial charge in [0.15, 0.2) is 0 Å². The largest absolute Gasteiger partial charge is 0.483 e. The van der Waals surface area contributed by atoms with Crippen molar-refractivity contribution in [2.45, 2.75) is 25.6 Å². The van der Waals surface area contributed by atoms with Gasteiger partial charge in [-0.05, 0) is 18.2 Å². The van der Waals surface area contributed by atoms with E-state index in [0.717, 1.165) is 5.69 Å². The van der Waals surface area contributed by atoms with Crippen LogP contribution in [0, 0.1) is 10.1 Å². The molecule has 9 heteroatoms. The van der Waals surface area contributed by atoms with Crippen LogP contribution in [0.15, 0.2) is 36.5 Å². The molecule has 1 aromatic carbocycles. The Hall–Kier alpha value is -2.75. The third kappa shape index (κ3) is 6.38. The van der Waals surface area contributed by atoms with Crippen LogP contribution in [0.5, 0.6) is 17.2 Å². The fourth-order valence-corrected chi connectivity index (χ4v) is 2.79. The van der Waals surface area contributed by atoms with Crippen LogP contribution in [0.1, 0.15) is 18.5 Å². The Morgan fingerprint density at radius 2 is 1.97 bits per heavy atom. The maximum Gasteiger partial charge on any atom is 0.311 e. The van der Waals surface area contributed by atoms with Crippen LogP contribution in [0.4, 0.5) is 5.69 Å². The van der Waals surface area contributed by atoms with Gasteiger partial charge >= 0.3 is 5.69 Å². The summed E-state index contributed by atoms with van der Waals surface area (Å²) in [4.78, 5) is 15.2. The van der Waals surface area contributed by atoms with Crippen molar-refractivity contribution in [2.24, 2.45) is 0 Å². The smallest absolute Gasteiger partial charge is 0.311 e. The summed E-state index contributed by atoms with van der Waals surface area (Å²) in [5.74, 6) is 1.13. The summed E-state index contributed by atoms with van der Waals surface area (Å²) in [6.07, 6.45) is 2.85. The molecular formula is C20H24N2O7. The lowest BCUT2D eigenvalue weighted by Crippen LogP contribution is -2.26. The number of nitro benzene ring substituents is 1. The molecule has 2 aromatic rings. The zero-order valence-corrected chi connectivity index (χ0v) is 16.2. The van der Waals surface area contributed by atoms with Gasteiger partial charge in [0.1, 0.15) is 17.6 Å². The van der Waals surface area contributed by atoms with E-state index in [1.165, 1.54) is 18.2 Å². The van der Waals surface area contributed by atoms with Gasteiger partial charge in [-0.1, -0.05) is 0 Å². The summed E-state index contributed by atoms with van der Waals surface area (Å²) in [6.45, 7) is 2.57. The van der Waals surface area contributed by atoms with Crippen LogP contribution < -0.4 is 9.47 Å². The van der Waals surface area contributed by atoms with Crippen LogP contribution in [0.2, 0.25) is 0 Å². The van der Waals surface area contributed by atoms with Crippen molar-refractivity contribution in [1.82, 2.24) is 4.98 Å².